The maximum absolute atomic E-state index is 12.3. The monoisotopic (exact) mass is 328 g/mol. The Morgan fingerprint density at radius 1 is 1.29 bits per heavy atom. The van der Waals surface area contributed by atoms with Crippen LogP contribution in [0.5, 0.6) is 5.75 Å². The Kier molecular flexibility index (Phi) is 4.23. The van der Waals surface area contributed by atoms with Gasteiger partial charge in [0.05, 0.1) is 7.11 Å². The molecular formula is C15H16N6O3. The number of benzene rings is 1. The number of methoxy groups -OCH3 is 1. The van der Waals surface area contributed by atoms with E-state index in [9.17, 15) is 9.59 Å². The molecule has 0 unspecified atom stereocenters. The van der Waals surface area contributed by atoms with E-state index in [1.54, 1.807) is 31.4 Å². The van der Waals surface area contributed by atoms with Gasteiger partial charge in [0.15, 0.2) is 11.2 Å². The summed E-state index contributed by atoms with van der Waals surface area (Å²) in [6.07, 6.45) is 1.33. The third-order valence-corrected chi connectivity index (χ3v) is 3.48. The standard InChI is InChI=1S/C15H16N6O3/c1-3-21-14-13(18-19-21)15(23)20(9-16-14)8-12(22)17-10-4-6-11(24-2)7-5-10/h4-7,9H,3,8H2,1-2H3,(H,17,22). The van der Waals surface area contributed by atoms with E-state index in [0.717, 1.165) is 0 Å². The minimum absolute atomic E-state index is 0.150. The van der Waals surface area contributed by atoms with E-state index < -0.39 is 5.56 Å². The minimum atomic E-state index is -0.399. The first-order valence-corrected chi connectivity index (χ1v) is 7.35. The Morgan fingerprint density at radius 2 is 2.04 bits per heavy atom. The molecule has 0 bridgehead atoms. The summed E-state index contributed by atoms with van der Waals surface area (Å²) in [5.41, 5.74) is 0.773. The lowest BCUT2D eigenvalue weighted by molar-refractivity contribution is -0.116. The van der Waals surface area contributed by atoms with E-state index in [-0.39, 0.29) is 18.0 Å². The van der Waals surface area contributed by atoms with Crippen molar-refractivity contribution in [2.24, 2.45) is 0 Å². The zero-order chi connectivity index (χ0) is 17.1. The van der Waals surface area contributed by atoms with Crippen LogP contribution in [0.4, 0.5) is 5.69 Å². The van der Waals surface area contributed by atoms with Crippen LogP contribution in [0.3, 0.4) is 0 Å². The molecule has 9 heteroatoms. The molecule has 2 aromatic heterocycles. The van der Waals surface area contributed by atoms with E-state index in [0.29, 0.717) is 23.6 Å². The number of anilines is 1. The van der Waals surface area contributed by atoms with Gasteiger partial charge in [0, 0.05) is 12.2 Å². The molecule has 1 aromatic carbocycles. The number of hydrogen-bond acceptors (Lipinski definition) is 6. The second kappa shape index (κ2) is 6.49. The van der Waals surface area contributed by atoms with Crippen molar-refractivity contribution in [3.63, 3.8) is 0 Å². The van der Waals surface area contributed by atoms with Gasteiger partial charge in [0.2, 0.25) is 5.91 Å². The highest BCUT2D eigenvalue weighted by molar-refractivity contribution is 5.90. The number of carbonyl (C=O) groups is 1. The van der Waals surface area contributed by atoms with Gasteiger partial charge in [-0.05, 0) is 31.2 Å². The molecular weight excluding hydrogens is 312 g/mol. The van der Waals surface area contributed by atoms with Crippen LogP contribution >= 0.6 is 0 Å². The maximum atomic E-state index is 12.3. The Bertz CT molecular complexity index is 929. The van der Waals surface area contributed by atoms with Crippen LogP contribution in [-0.4, -0.2) is 37.6 Å². The van der Waals surface area contributed by atoms with Gasteiger partial charge in [-0.1, -0.05) is 5.21 Å². The molecule has 0 aliphatic heterocycles. The van der Waals surface area contributed by atoms with E-state index >= 15 is 0 Å². The van der Waals surface area contributed by atoms with Crippen molar-refractivity contribution in [2.75, 3.05) is 12.4 Å². The van der Waals surface area contributed by atoms with E-state index in [1.165, 1.54) is 15.6 Å². The summed E-state index contributed by atoms with van der Waals surface area (Å²) in [7, 11) is 1.57. The summed E-state index contributed by atoms with van der Waals surface area (Å²) >= 11 is 0. The summed E-state index contributed by atoms with van der Waals surface area (Å²) in [5, 5.41) is 10.4. The average molecular weight is 328 g/mol. The number of nitrogens with one attached hydrogen (secondary N) is 1. The van der Waals surface area contributed by atoms with Crippen LogP contribution in [0.2, 0.25) is 0 Å². The first-order valence-electron chi connectivity index (χ1n) is 7.35. The summed E-state index contributed by atoms with van der Waals surface area (Å²) < 4.78 is 7.79. The Morgan fingerprint density at radius 3 is 2.71 bits per heavy atom. The van der Waals surface area contributed by atoms with E-state index in [2.05, 4.69) is 20.6 Å². The molecule has 3 rings (SSSR count). The average Bonchev–Trinajstić information content (AvgIpc) is 3.02. The van der Waals surface area contributed by atoms with Crippen LogP contribution < -0.4 is 15.6 Å². The predicted molar refractivity (Wildman–Crippen MR) is 86.9 cm³/mol. The van der Waals surface area contributed by atoms with Crippen LogP contribution in [0, 0.1) is 0 Å². The number of rotatable bonds is 5. The molecule has 2 heterocycles. The van der Waals surface area contributed by atoms with Crippen molar-refractivity contribution in [2.45, 2.75) is 20.0 Å². The lowest BCUT2D eigenvalue weighted by Crippen LogP contribution is -2.28. The Labute approximate surface area is 136 Å². The summed E-state index contributed by atoms with van der Waals surface area (Å²) in [6.45, 7) is 2.28. The SMILES string of the molecule is CCn1nnc2c(=O)n(CC(=O)Nc3ccc(OC)cc3)cnc21. The second-order valence-corrected chi connectivity index (χ2v) is 5.03. The quantitative estimate of drug-likeness (QED) is 0.737. The first-order chi connectivity index (χ1) is 11.6. The third-order valence-electron chi connectivity index (χ3n) is 3.48. The molecule has 1 amide bonds. The molecule has 0 atom stereocenters. The second-order valence-electron chi connectivity index (χ2n) is 5.03. The number of hydrogen-bond donors (Lipinski definition) is 1. The number of ether oxygens (including phenoxy) is 1. The van der Waals surface area contributed by atoms with Gasteiger partial charge in [-0.2, -0.15) is 0 Å². The summed E-state index contributed by atoms with van der Waals surface area (Å²) in [5.74, 6) is 0.351. The van der Waals surface area contributed by atoms with Crippen LogP contribution in [-0.2, 0) is 17.9 Å². The van der Waals surface area contributed by atoms with Gasteiger partial charge in [0.25, 0.3) is 5.56 Å². The fourth-order valence-corrected chi connectivity index (χ4v) is 2.24. The molecule has 0 aliphatic carbocycles. The molecule has 124 valence electrons. The largest absolute Gasteiger partial charge is 0.497 e. The normalized spacial score (nSPS) is 10.8. The van der Waals surface area contributed by atoms with Crippen LogP contribution in [0.1, 0.15) is 6.92 Å². The Balaban J connectivity index is 1.77. The van der Waals surface area contributed by atoms with Crippen molar-refractivity contribution < 1.29 is 9.53 Å². The lowest BCUT2D eigenvalue weighted by atomic mass is 10.3. The fourth-order valence-electron chi connectivity index (χ4n) is 2.24. The van der Waals surface area contributed by atoms with Crippen molar-refractivity contribution in [3.8, 4) is 5.75 Å². The van der Waals surface area contributed by atoms with Gasteiger partial charge < -0.3 is 10.1 Å². The topological polar surface area (TPSA) is 104 Å². The van der Waals surface area contributed by atoms with Crippen molar-refractivity contribution in [1.82, 2.24) is 24.5 Å². The molecule has 0 fully saturated rings. The van der Waals surface area contributed by atoms with Gasteiger partial charge >= 0.3 is 0 Å². The van der Waals surface area contributed by atoms with Crippen molar-refractivity contribution in [1.29, 1.82) is 0 Å². The van der Waals surface area contributed by atoms with Crippen LogP contribution in [0.25, 0.3) is 11.2 Å². The lowest BCUT2D eigenvalue weighted by Gasteiger charge is -2.07. The first kappa shape index (κ1) is 15.7. The molecule has 0 spiro atoms. The highest BCUT2D eigenvalue weighted by Gasteiger charge is 2.13. The number of nitrogens with zero attached hydrogens (tertiary/aromatic N) is 5. The maximum Gasteiger partial charge on any atom is 0.283 e. The number of amides is 1. The smallest absolute Gasteiger partial charge is 0.283 e. The molecule has 1 N–H and O–H groups in total. The number of fused-ring (bicyclic) bond motifs is 1. The van der Waals surface area contributed by atoms with Gasteiger partial charge in [-0.3, -0.25) is 14.2 Å². The van der Waals surface area contributed by atoms with Crippen molar-refractivity contribution >= 4 is 22.8 Å². The summed E-state index contributed by atoms with van der Waals surface area (Å²) in [6, 6.07) is 6.90. The zero-order valence-electron chi connectivity index (χ0n) is 13.3. The Hall–Kier alpha value is -3.23. The van der Waals surface area contributed by atoms with Crippen LogP contribution in [0.15, 0.2) is 35.4 Å². The number of carbonyl (C=O) groups excluding carboxylic acids is 1. The highest BCUT2D eigenvalue weighted by Crippen LogP contribution is 2.14. The predicted octanol–water partition coefficient (Wildman–Crippen LogP) is 0.655. The molecule has 3 aromatic rings. The zero-order valence-corrected chi connectivity index (χ0v) is 13.3. The molecule has 9 nitrogen and oxygen atoms in total. The number of aromatic nitrogens is 5. The molecule has 0 radical (unpaired) electrons. The highest BCUT2D eigenvalue weighted by atomic mass is 16.5. The van der Waals surface area contributed by atoms with Gasteiger partial charge in [-0.15, -0.1) is 5.10 Å². The minimum Gasteiger partial charge on any atom is -0.497 e. The summed E-state index contributed by atoms with van der Waals surface area (Å²) in [4.78, 5) is 28.6. The third kappa shape index (κ3) is 2.96. The van der Waals surface area contributed by atoms with E-state index in [4.69, 9.17) is 4.74 Å². The molecule has 0 aliphatic rings. The number of aryl methyl sites for hydroxylation is 1. The molecule has 24 heavy (non-hydrogen) atoms. The van der Waals surface area contributed by atoms with Gasteiger partial charge in [-0.25, -0.2) is 9.67 Å². The van der Waals surface area contributed by atoms with Gasteiger partial charge in [0.1, 0.15) is 18.6 Å². The molecule has 0 saturated carbocycles. The fraction of sp³-hybridized carbons (Fsp3) is 0.267. The van der Waals surface area contributed by atoms with Crippen molar-refractivity contribution in [3.05, 3.63) is 40.9 Å². The van der Waals surface area contributed by atoms with E-state index in [1.807, 2.05) is 6.92 Å². The molecule has 0 saturated heterocycles.